The normalized spacial score (nSPS) is 18.0. The molecule has 3 aromatic heterocycles. The smallest absolute Gasteiger partial charge is 0.225 e. The average Bonchev–Trinajstić information content (AvgIpc) is 3.40. The van der Waals surface area contributed by atoms with Gasteiger partial charge in [0, 0.05) is 50.0 Å². The molecule has 4 aromatic rings. The number of ether oxygens (including phenoxy) is 1. The van der Waals surface area contributed by atoms with Crippen LogP contribution in [0.4, 0.5) is 0 Å². The molecule has 0 spiro atoms. The van der Waals surface area contributed by atoms with E-state index in [4.69, 9.17) is 9.72 Å². The van der Waals surface area contributed by atoms with Gasteiger partial charge in [-0.15, -0.1) is 0 Å². The molecule has 1 aliphatic rings. The predicted octanol–water partition coefficient (Wildman–Crippen LogP) is 3.66. The molecule has 0 N–H and O–H groups in total. The summed E-state index contributed by atoms with van der Waals surface area (Å²) in [7, 11) is 3.82. The number of fused-ring (bicyclic) bond motifs is 2. The Bertz CT molecular complexity index is 1240. The molecule has 7 heteroatoms. The van der Waals surface area contributed by atoms with Crippen LogP contribution in [-0.2, 0) is 18.9 Å². The molecule has 0 bridgehead atoms. The third-order valence-corrected chi connectivity index (χ3v) is 5.87. The first-order valence-electron chi connectivity index (χ1n) is 9.93. The molecule has 3 heterocycles. The number of aryl methyl sites for hydroxylation is 2. The second-order valence-corrected chi connectivity index (χ2v) is 7.95. The van der Waals surface area contributed by atoms with E-state index in [1.807, 2.05) is 50.2 Å². The van der Waals surface area contributed by atoms with Crippen LogP contribution >= 0.6 is 0 Å². The summed E-state index contributed by atoms with van der Waals surface area (Å²) in [6.45, 7) is 2.03. The van der Waals surface area contributed by atoms with E-state index in [2.05, 4.69) is 22.3 Å². The first kappa shape index (κ1) is 17.8. The molecular formula is C22H23N5O2. The maximum atomic E-state index is 11.7. The van der Waals surface area contributed by atoms with Crippen molar-refractivity contribution >= 4 is 27.6 Å². The van der Waals surface area contributed by atoms with Crippen molar-refractivity contribution in [2.75, 3.05) is 0 Å². The Morgan fingerprint density at radius 3 is 2.90 bits per heavy atom. The minimum Gasteiger partial charge on any atom is -0.474 e. The number of carbonyl (C=O) groups is 1. The summed E-state index contributed by atoms with van der Waals surface area (Å²) in [5, 5.41) is 10.9. The number of nitrogens with zero attached hydrogens (tertiary/aromatic N) is 5. The molecule has 0 radical (unpaired) electrons. The van der Waals surface area contributed by atoms with Crippen LogP contribution in [0.2, 0.25) is 0 Å². The number of ketones is 1. The fraction of sp³-hybridized carbons (Fsp3) is 0.364. The molecule has 1 aliphatic carbocycles. The standard InChI is InChI=1S/C22H23N5O2/c1-13(14-6-7-17(28)8-14)29-22-18-12-26(2)25-20(18)10-19(24-22)15-4-5-16-11-23-27(3)21(16)9-15/h4-5,9-14H,6-8H2,1-3H3/t13-,14+/m1/s1. The summed E-state index contributed by atoms with van der Waals surface area (Å²) in [5.74, 6) is 1.14. The molecule has 5 rings (SSSR count). The fourth-order valence-electron chi connectivity index (χ4n) is 4.17. The first-order valence-corrected chi connectivity index (χ1v) is 9.93. The van der Waals surface area contributed by atoms with Gasteiger partial charge in [0.2, 0.25) is 5.88 Å². The second kappa shape index (κ2) is 6.69. The number of hydrogen-bond acceptors (Lipinski definition) is 5. The van der Waals surface area contributed by atoms with Crippen molar-refractivity contribution < 1.29 is 9.53 Å². The van der Waals surface area contributed by atoms with Gasteiger partial charge in [-0.25, -0.2) is 4.98 Å². The van der Waals surface area contributed by atoms with E-state index in [1.54, 1.807) is 4.68 Å². The third-order valence-electron chi connectivity index (χ3n) is 5.87. The fourth-order valence-corrected chi connectivity index (χ4v) is 4.17. The van der Waals surface area contributed by atoms with E-state index in [1.165, 1.54) is 0 Å². The summed E-state index contributed by atoms with van der Waals surface area (Å²) >= 11 is 0. The number of carbonyl (C=O) groups excluding carboxylic acids is 1. The van der Waals surface area contributed by atoms with Crippen LogP contribution < -0.4 is 4.74 Å². The van der Waals surface area contributed by atoms with Gasteiger partial charge in [0.05, 0.1) is 28.3 Å². The zero-order valence-corrected chi connectivity index (χ0v) is 16.8. The number of hydrogen-bond donors (Lipinski definition) is 0. The van der Waals surface area contributed by atoms with Gasteiger partial charge >= 0.3 is 0 Å². The Morgan fingerprint density at radius 1 is 1.24 bits per heavy atom. The van der Waals surface area contributed by atoms with E-state index in [-0.39, 0.29) is 12.0 Å². The summed E-state index contributed by atoms with van der Waals surface area (Å²) < 4.78 is 9.93. The molecular weight excluding hydrogens is 366 g/mol. The van der Waals surface area contributed by atoms with Crippen molar-refractivity contribution in [1.82, 2.24) is 24.5 Å². The van der Waals surface area contributed by atoms with Gasteiger partial charge in [0.1, 0.15) is 11.9 Å². The van der Waals surface area contributed by atoms with Gasteiger partial charge in [-0.05, 0) is 25.5 Å². The highest BCUT2D eigenvalue weighted by Gasteiger charge is 2.29. The van der Waals surface area contributed by atoms with Gasteiger partial charge in [-0.2, -0.15) is 10.2 Å². The Morgan fingerprint density at radius 2 is 2.10 bits per heavy atom. The summed E-state index contributed by atoms with van der Waals surface area (Å²) in [6, 6.07) is 8.17. The lowest BCUT2D eigenvalue weighted by atomic mass is 10.0. The summed E-state index contributed by atoms with van der Waals surface area (Å²) in [4.78, 5) is 16.5. The molecule has 0 amide bonds. The zero-order valence-electron chi connectivity index (χ0n) is 16.8. The summed E-state index contributed by atoms with van der Waals surface area (Å²) in [5.41, 5.74) is 3.68. The largest absolute Gasteiger partial charge is 0.474 e. The Kier molecular flexibility index (Phi) is 4.12. The van der Waals surface area contributed by atoms with Crippen LogP contribution in [0.3, 0.4) is 0 Å². The van der Waals surface area contributed by atoms with E-state index in [9.17, 15) is 4.79 Å². The highest BCUT2D eigenvalue weighted by molar-refractivity contribution is 5.89. The quantitative estimate of drug-likeness (QED) is 0.532. The molecule has 7 nitrogen and oxygen atoms in total. The van der Waals surface area contributed by atoms with Crippen molar-refractivity contribution in [3.63, 3.8) is 0 Å². The number of aromatic nitrogens is 5. The van der Waals surface area contributed by atoms with Crippen molar-refractivity contribution in [2.45, 2.75) is 32.3 Å². The summed E-state index contributed by atoms with van der Waals surface area (Å²) in [6.07, 6.45) is 5.83. The lowest BCUT2D eigenvalue weighted by molar-refractivity contribution is -0.117. The lowest BCUT2D eigenvalue weighted by Crippen LogP contribution is -2.22. The molecule has 1 fully saturated rings. The van der Waals surface area contributed by atoms with E-state index in [0.717, 1.165) is 39.5 Å². The van der Waals surface area contributed by atoms with Gasteiger partial charge in [-0.3, -0.25) is 14.2 Å². The first-order chi connectivity index (χ1) is 14.0. The Hall–Kier alpha value is -3.22. The van der Waals surface area contributed by atoms with Crippen LogP contribution in [0.5, 0.6) is 5.88 Å². The van der Waals surface area contributed by atoms with Gasteiger partial charge in [-0.1, -0.05) is 12.1 Å². The zero-order chi connectivity index (χ0) is 20.1. The van der Waals surface area contributed by atoms with Gasteiger partial charge in [0.15, 0.2) is 0 Å². The van der Waals surface area contributed by atoms with E-state index >= 15 is 0 Å². The maximum Gasteiger partial charge on any atom is 0.225 e. The minimum atomic E-state index is -0.0767. The van der Waals surface area contributed by atoms with E-state index in [0.29, 0.717) is 24.5 Å². The topological polar surface area (TPSA) is 74.8 Å². The molecule has 2 atom stereocenters. The van der Waals surface area contributed by atoms with E-state index < -0.39 is 0 Å². The van der Waals surface area contributed by atoms with Crippen molar-refractivity contribution in [2.24, 2.45) is 20.0 Å². The van der Waals surface area contributed by atoms with Crippen LogP contribution in [0.15, 0.2) is 36.7 Å². The number of rotatable bonds is 4. The SMILES string of the molecule is C[C@@H](Oc1nc(-c2ccc3cnn(C)c3c2)cc2nn(C)cc12)[C@H]1CCC(=O)C1. The minimum absolute atomic E-state index is 0.0767. The lowest BCUT2D eigenvalue weighted by Gasteiger charge is -2.20. The highest BCUT2D eigenvalue weighted by atomic mass is 16.5. The number of Topliss-reactive ketones (excluding diaryl/α,β-unsaturated/α-hetero) is 1. The van der Waals surface area contributed by atoms with Crippen LogP contribution in [0.1, 0.15) is 26.2 Å². The van der Waals surface area contributed by atoms with Crippen LogP contribution in [0, 0.1) is 5.92 Å². The molecule has 0 aliphatic heterocycles. The maximum absolute atomic E-state index is 11.7. The highest BCUT2D eigenvalue weighted by Crippen LogP contribution is 2.33. The monoisotopic (exact) mass is 389 g/mol. The average molecular weight is 389 g/mol. The van der Waals surface area contributed by atoms with Crippen LogP contribution in [-0.4, -0.2) is 36.4 Å². The second-order valence-electron chi connectivity index (χ2n) is 7.95. The van der Waals surface area contributed by atoms with Crippen LogP contribution in [0.25, 0.3) is 33.1 Å². The van der Waals surface area contributed by atoms with Crippen molar-refractivity contribution in [3.8, 4) is 17.1 Å². The molecule has 1 aromatic carbocycles. The number of benzene rings is 1. The molecule has 0 saturated heterocycles. The molecule has 0 unspecified atom stereocenters. The Balaban J connectivity index is 1.57. The van der Waals surface area contributed by atoms with Crippen molar-refractivity contribution in [1.29, 1.82) is 0 Å². The predicted molar refractivity (Wildman–Crippen MR) is 111 cm³/mol. The Labute approximate surface area is 168 Å². The molecule has 29 heavy (non-hydrogen) atoms. The third kappa shape index (κ3) is 3.16. The van der Waals surface area contributed by atoms with Crippen molar-refractivity contribution in [3.05, 3.63) is 36.7 Å². The van der Waals surface area contributed by atoms with Gasteiger partial charge in [0.25, 0.3) is 0 Å². The van der Waals surface area contributed by atoms with Gasteiger partial charge < -0.3 is 4.74 Å². The molecule has 148 valence electrons. The number of pyridine rings is 1. The molecule has 1 saturated carbocycles.